The molecule has 0 radical (unpaired) electrons. The minimum atomic E-state index is -0.189. The zero-order chi connectivity index (χ0) is 23.0. The van der Waals surface area contributed by atoms with Crippen molar-refractivity contribution in [3.05, 3.63) is 71.7 Å². The molecule has 7 heteroatoms. The Morgan fingerprint density at radius 2 is 1.70 bits per heavy atom. The number of nitrogens with zero attached hydrogens (tertiary/aromatic N) is 4. The van der Waals surface area contributed by atoms with Crippen LogP contribution in [0.3, 0.4) is 0 Å². The average Bonchev–Trinajstić information content (AvgIpc) is 3.11. The Labute approximate surface area is 195 Å². The first-order valence-electron chi connectivity index (χ1n) is 11.8. The number of carbonyl (C=O) groups excluding carboxylic acids is 2. The maximum Gasteiger partial charge on any atom is 0.277 e. The van der Waals surface area contributed by atoms with E-state index >= 15 is 0 Å². The van der Waals surface area contributed by atoms with Crippen LogP contribution in [0.4, 0.5) is 0 Å². The number of rotatable bonds is 10. The van der Waals surface area contributed by atoms with E-state index in [-0.39, 0.29) is 11.8 Å². The maximum atomic E-state index is 13.6. The lowest BCUT2D eigenvalue weighted by Crippen LogP contribution is -2.40. The molecule has 1 fully saturated rings. The van der Waals surface area contributed by atoms with Crippen molar-refractivity contribution < 1.29 is 14.3 Å². The smallest absolute Gasteiger partial charge is 0.277 e. The standard InChI is InChI=1S/C26H32N4O3/c1-2-29(16-11-21-9-12-27-13-10-21)24-23(22-7-4-3-5-8-22)25(31)30(26(24)32)15-6-14-28-17-19-33-20-18-28/h3-5,7-10,12-13H,2,6,11,14-20H2,1H3. The number of carbonyl (C=O) groups is 2. The molecule has 0 bridgehead atoms. The van der Waals surface area contributed by atoms with Crippen molar-refractivity contribution in [2.45, 2.75) is 19.8 Å². The van der Waals surface area contributed by atoms with E-state index in [1.165, 1.54) is 4.90 Å². The molecule has 0 spiro atoms. The van der Waals surface area contributed by atoms with Gasteiger partial charge in [-0.25, -0.2) is 0 Å². The summed E-state index contributed by atoms with van der Waals surface area (Å²) in [5.41, 5.74) is 2.99. The molecule has 1 saturated heterocycles. The predicted octanol–water partition coefficient (Wildman–Crippen LogP) is 2.45. The van der Waals surface area contributed by atoms with Crippen LogP contribution in [0.1, 0.15) is 24.5 Å². The van der Waals surface area contributed by atoms with Crippen molar-refractivity contribution >= 4 is 17.4 Å². The van der Waals surface area contributed by atoms with E-state index in [4.69, 9.17) is 4.74 Å². The van der Waals surface area contributed by atoms with Gasteiger partial charge in [-0.3, -0.25) is 24.4 Å². The van der Waals surface area contributed by atoms with Crippen molar-refractivity contribution in [1.29, 1.82) is 0 Å². The Morgan fingerprint density at radius 3 is 2.39 bits per heavy atom. The van der Waals surface area contributed by atoms with E-state index in [0.29, 0.717) is 30.9 Å². The second kappa shape index (κ2) is 11.2. The van der Waals surface area contributed by atoms with E-state index in [0.717, 1.165) is 56.8 Å². The van der Waals surface area contributed by atoms with Crippen molar-refractivity contribution in [2.24, 2.45) is 0 Å². The molecule has 2 aliphatic heterocycles. The van der Waals surface area contributed by atoms with Crippen LogP contribution in [-0.2, 0) is 20.7 Å². The highest BCUT2D eigenvalue weighted by Crippen LogP contribution is 2.31. The predicted molar refractivity (Wildman–Crippen MR) is 127 cm³/mol. The van der Waals surface area contributed by atoms with Gasteiger partial charge in [-0.15, -0.1) is 0 Å². The fourth-order valence-corrected chi connectivity index (χ4v) is 4.44. The summed E-state index contributed by atoms with van der Waals surface area (Å²) in [5, 5.41) is 0. The number of aromatic nitrogens is 1. The summed E-state index contributed by atoms with van der Waals surface area (Å²) in [5.74, 6) is -0.372. The van der Waals surface area contributed by atoms with Crippen LogP contribution in [0.25, 0.3) is 5.57 Å². The number of hydrogen-bond acceptors (Lipinski definition) is 6. The van der Waals surface area contributed by atoms with Crippen molar-refractivity contribution in [2.75, 3.05) is 52.5 Å². The number of benzene rings is 1. The van der Waals surface area contributed by atoms with Gasteiger partial charge in [0.2, 0.25) is 0 Å². The van der Waals surface area contributed by atoms with Gasteiger partial charge in [0.05, 0.1) is 18.8 Å². The summed E-state index contributed by atoms with van der Waals surface area (Å²) in [4.78, 5) is 36.9. The Morgan fingerprint density at radius 1 is 0.970 bits per heavy atom. The Balaban J connectivity index is 1.53. The van der Waals surface area contributed by atoms with Gasteiger partial charge in [-0.05, 0) is 43.0 Å². The molecule has 0 N–H and O–H groups in total. The number of likely N-dealkylation sites (N-methyl/N-ethyl adjacent to an activating group) is 1. The summed E-state index contributed by atoms with van der Waals surface area (Å²) in [7, 11) is 0. The molecule has 0 atom stereocenters. The highest BCUT2D eigenvalue weighted by atomic mass is 16.5. The molecule has 2 aliphatic rings. The van der Waals surface area contributed by atoms with Crippen LogP contribution < -0.4 is 0 Å². The molecular formula is C26H32N4O3. The highest BCUT2D eigenvalue weighted by molar-refractivity contribution is 6.35. The summed E-state index contributed by atoms with van der Waals surface area (Å²) in [6, 6.07) is 13.5. The SMILES string of the molecule is CCN(CCc1ccncc1)C1=C(c2ccccc2)C(=O)N(CCCN2CCOCC2)C1=O. The minimum Gasteiger partial charge on any atom is -0.379 e. The largest absolute Gasteiger partial charge is 0.379 e. The van der Waals surface area contributed by atoms with E-state index in [1.807, 2.05) is 54.3 Å². The second-order valence-electron chi connectivity index (χ2n) is 8.34. The molecule has 0 saturated carbocycles. The van der Waals surface area contributed by atoms with Gasteiger partial charge >= 0.3 is 0 Å². The normalized spacial score (nSPS) is 17.2. The summed E-state index contributed by atoms with van der Waals surface area (Å²) in [6.45, 7) is 7.92. The average molecular weight is 449 g/mol. The summed E-state index contributed by atoms with van der Waals surface area (Å²) in [6.07, 6.45) is 5.10. The van der Waals surface area contributed by atoms with Crippen LogP contribution >= 0.6 is 0 Å². The van der Waals surface area contributed by atoms with Crippen LogP contribution in [0.2, 0.25) is 0 Å². The van der Waals surface area contributed by atoms with Crippen LogP contribution in [0, 0.1) is 0 Å². The zero-order valence-corrected chi connectivity index (χ0v) is 19.3. The quantitative estimate of drug-likeness (QED) is 0.520. The molecule has 1 aromatic heterocycles. The van der Waals surface area contributed by atoms with Gasteiger partial charge < -0.3 is 9.64 Å². The highest BCUT2D eigenvalue weighted by Gasteiger charge is 2.40. The molecule has 3 heterocycles. The Hall–Kier alpha value is -3.03. The maximum absolute atomic E-state index is 13.6. The third-order valence-electron chi connectivity index (χ3n) is 6.28. The summed E-state index contributed by atoms with van der Waals surface area (Å²) < 4.78 is 5.41. The first-order valence-corrected chi connectivity index (χ1v) is 11.8. The van der Waals surface area contributed by atoms with Crippen molar-refractivity contribution in [3.8, 4) is 0 Å². The number of hydrogen-bond donors (Lipinski definition) is 0. The number of pyridine rings is 1. The first-order chi connectivity index (χ1) is 16.2. The topological polar surface area (TPSA) is 66.0 Å². The van der Waals surface area contributed by atoms with Crippen LogP contribution in [0.15, 0.2) is 60.6 Å². The van der Waals surface area contributed by atoms with E-state index < -0.39 is 0 Å². The van der Waals surface area contributed by atoms with Crippen LogP contribution in [-0.4, -0.2) is 84.0 Å². The van der Waals surface area contributed by atoms with Crippen molar-refractivity contribution in [3.63, 3.8) is 0 Å². The Kier molecular flexibility index (Phi) is 7.86. The molecule has 0 aliphatic carbocycles. The van der Waals surface area contributed by atoms with Crippen molar-refractivity contribution in [1.82, 2.24) is 19.7 Å². The molecule has 0 unspecified atom stereocenters. The molecule has 2 amide bonds. The number of ether oxygens (including phenoxy) is 1. The molecule has 7 nitrogen and oxygen atoms in total. The third kappa shape index (κ3) is 5.49. The molecule has 2 aromatic rings. The van der Waals surface area contributed by atoms with Gasteiger partial charge in [-0.1, -0.05) is 30.3 Å². The number of amides is 2. The molecule has 33 heavy (non-hydrogen) atoms. The molecule has 174 valence electrons. The van der Waals surface area contributed by atoms with E-state index in [9.17, 15) is 9.59 Å². The second-order valence-corrected chi connectivity index (χ2v) is 8.34. The minimum absolute atomic E-state index is 0.183. The zero-order valence-electron chi connectivity index (χ0n) is 19.3. The third-order valence-corrected chi connectivity index (χ3v) is 6.28. The Bertz CT molecular complexity index is 972. The molecular weight excluding hydrogens is 416 g/mol. The van der Waals surface area contributed by atoms with Gasteiger partial charge in [0, 0.05) is 51.7 Å². The number of morpholine rings is 1. The molecule has 4 rings (SSSR count). The number of imide groups is 1. The lowest BCUT2D eigenvalue weighted by atomic mass is 10.0. The lowest BCUT2D eigenvalue weighted by molar-refractivity contribution is -0.137. The first kappa shape index (κ1) is 23.1. The van der Waals surface area contributed by atoms with Gasteiger partial charge in [0.15, 0.2) is 0 Å². The van der Waals surface area contributed by atoms with Gasteiger partial charge in [0.1, 0.15) is 5.70 Å². The molecule has 1 aromatic carbocycles. The summed E-state index contributed by atoms with van der Waals surface area (Å²) >= 11 is 0. The van der Waals surface area contributed by atoms with Crippen LogP contribution in [0.5, 0.6) is 0 Å². The monoisotopic (exact) mass is 448 g/mol. The fraction of sp³-hybridized carbons (Fsp3) is 0.423. The fourth-order valence-electron chi connectivity index (χ4n) is 4.44. The van der Waals surface area contributed by atoms with Gasteiger partial charge in [0.25, 0.3) is 11.8 Å². The van der Waals surface area contributed by atoms with E-state index in [2.05, 4.69) is 9.88 Å². The van der Waals surface area contributed by atoms with E-state index in [1.54, 1.807) is 12.4 Å². The lowest BCUT2D eigenvalue weighted by Gasteiger charge is -2.27. The van der Waals surface area contributed by atoms with Gasteiger partial charge in [-0.2, -0.15) is 0 Å².